The molecule has 1 aromatic carbocycles. The maximum Gasteiger partial charge on any atom is 0.257 e. The number of ether oxygens (including phenoxy) is 3. The van der Waals surface area contributed by atoms with Crippen LogP contribution in [0.1, 0.15) is 33.5 Å². The minimum atomic E-state index is -0.375. The van der Waals surface area contributed by atoms with Gasteiger partial charge in [-0.05, 0) is 50.1 Å². The fourth-order valence-corrected chi connectivity index (χ4v) is 3.63. The van der Waals surface area contributed by atoms with E-state index in [9.17, 15) is 0 Å². The van der Waals surface area contributed by atoms with Crippen molar-refractivity contribution < 1.29 is 18.7 Å². The van der Waals surface area contributed by atoms with Gasteiger partial charge in [0.15, 0.2) is 5.82 Å². The molecule has 1 aliphatic heterocycles. The highest BCUT2D eigenvalue weighted by Crippen LogP contribution is 2.25. The fourth-order valence-electron chi connectivity index (χ4n) is 3.52. The first-order valence-corrected chi connectivity index (χ1v) is 12.0. The first kappa shape index (κ1) is 24.7. The van der Waals surface area contributed by atoms with Crippen LogP contribution in [0, 0.1) is 5.92 Å². The lowest BCUT2D eigenvalue weighted by molar-refractivity contribution is 0.275. The molecule has 10 heteroatoms. The summed E-state index contributed by atoms with van der Waals surface area (Å²) in [6.45, 7) is 9.05. The monoisotopic (exact) mass is 497 g/mol. The summed E-state index contributed by atoms with van der Waals surface area (Å²) in [4.78, 5) is 18.3. The average molecular weight is 498 g/mol. The van der Waals surface area contributed by atoms with Gasteiger partial charge >= 0.3 is 0 Å². The maximum absolute atomic E-state index is 5.86. The summed E-state index contributed by atoms with van der Waals surface area (Å²) in [5, 5.41) is 4.69. The highest BCUT2D eigenvalue weighted by Gasteiger charge is 2.32. The van der Waals surface area contributed by atoms with Gasteiger partial charge < -0.3 is 18.7 Å². The molecule has 0 amide bonds. The van der Waals surface area contributed by atoms with Gasteiger partial charge in [0.1, 0.15) is 17.8 Å². The van der Waals surface area contributed by atoms with Crippen molar-refractivity contribution in [3.05, 3.63) is 53.4 Å². The molecule has 1 aliphatic rings. The van der Waals surface area contributed by atoms with Crippen molar-refractivity contribution >= 4 is 23.4 Å². The van der Waals surface area contributed by atoms with Crippen molar-refractivity contribution in [2.45, 2.75) is 46.2 Å². The molecule has 35 heavy (non-hydrogen) atoms. The number of pyridine rings is 1. The second kappa shape index (κ2) is 11.3. The highest BCUT2D eigenvalue weighted by molar-refractivity contribution is 6.30. The molecule has 184 valence electrons. The van der Waals surface area contributed by atoms with Crippen LogP contribution in [0.5, 0.6) is 11.6 Å². The molecule has 3 heterocycles. The Balaban J connectivity index is 1.47. The predicted octanol–water partition coefficient (Wildman–Crippen LogP) is 5.40. The number of aromatic nitrogens is 3. The second-order valence-electron chi connectivity index (χ2n) is 8.17. The van der Waals surface area contributed by atoms with E-state index in [-0.39, 0.29) is 18.0 Å². The van der Waals surface area contributed by atoms with Crippen LogP contribution in [0.3, 0.4) is 0 Å². The van der Waals surface area contributed by atoms with Gasteiger partial charge in [0, 0.05) is 24.2 Å². The van der Waals surface area contributed by atoms with E-state index in [1.165, 1.54) is 6.20 Å². The van der Waals surface area contributed by atoms with Crippen molar-refractivity contribution in [2.24, 2.45) is 15.9 Å². The Hall–Kier alpha value is -3.46. The van der Waals surface area contributed by atoms with Gasteiger partial charge in [-0.2, -0.15) is 4.98 Å². The van der Waals surface area contributed by atoms with E-state index >= 15 is 0 Å². The third kappa shape index (κ3) is 6.16. The third-order valence-electron chi connectivity index (χ3n) is 5.17. The lowest BCUT2D eigenvalue weighted by atomic mass is 10.0. The van der Waals surface area contributed by atoms with E-state index in [4.69, 9.17) is 40.3 Å². The Morgan fingerprint density at radius 3 is 2.37 bits per heavy atom. The predicted molar refractivity (Wildman–Crippen MR) is 133 cm³/mol. The number of nitrogens with zero attached hydrogens (tertiary/aromatic N) is 5. The van der Waals surface area contributed by atoms with Crippen LogP contribution in [0.4, 0.5) is 0 Å². The molecule has 4 rings (SSSR count). The van der Waals surface area contributed by atoms with E-state index < -0.39 is 0 Å². The lowest BCUT2D eigenvalue weighted by Crippen LogP contribution is -2.39. The molecule has 3 aromatic rings. The van der Waals surface area contributed by atoms with Crippen molar-refractivity contribution in [3.8, 4) is 23.1 Å². The molecule has 0 N–H and O–H groups in total. The van der Waals surface area contributed by atoms with Crippen LogP contribution >= 0.6 is 11.6 Å². The topological polar surface area (TPSA) is 104 Å². The molecule has 0 saturated carbocycles. The lowest BCUT2D eigenvalue weighted by Gasteiger charge is -2.27. The van der Waals surface area contributed by atoms with Crippen LogP contribution < -0.4 is 4.74 Å². The van der Waals surface area contributed by atoms with Crippen molar-refractivity contribution in [1.29, 1.82) is 0 Å². The van der Waals surface area contributed by atoms with Gasteiger partial charge in [-0.25, -0.2) is 15.0 Å². The SMILES string of the molecule is CCOC1=N[C@H](C(C)C)C(OCC)=N[C@H]1Cc1noc(-c2ccc(Oc3ccc(Cl)cn3)cc2)n1. The summed E-state index contributed by atoms with van der Waals surface area (Å²) in [7, 11) is 0. The van der Waals surface area contributed by atoms with Gasteiger partial charge in [-0.15, -0.1) is 0 Å². The van der Waals surface area contributed by atoms with Gasteiger partial charge in [-0.1, -0.05) is 30.6 Å². The van der Waals surface area contributed by atoms with Crippen LogP contribution in [-0.4, -0.2) is 52.2 Å². The molecular formula is C25H28ClN5O4. The first-order valence-electron chi connectivity index (χ1n) is 11.6. The fraction of sp³-hybridized carbons (Fsp3) is 0.400. The standard InChI is InChI=1S/C25H28ClN5O4/c1-5-32-24-19(28-25(33-6-2)22(30-24)15(3)4)13-20-29-23(35-31-20)16-7-10-18(11-8-16)34-21-12-9-17(26)14-27-21/h7-12,14-15,19,22H,5-6,13H2,1-4H3/t19-,22+/m0/s1. The number of halogens is 1. The van der Waals surface area contributed by atoms with E-state index in [2.05, 4.69) is 29.0 Å². The van der Waals surface area contributed by atoms with Crippen LogP contribution in [0.25, 0.3) is 11.5 Å². The summed E-state index contributed by atoms with van der Waals surface area (Å²) in [5.74, 6) is 3.40. The zero-order valence-corrected chi connectivity index (χ0v) is 20.9. The molecule has 0 bridgehead atoms. The average Bonchev–Trinajstić information content (AvgIpc) is 3.31. The summed E-state index contributed by atoms with van der Waals surface area (Å²) < 4.78 is 22.8. The number of hydrogen-bond acceptors (Lipinski definition) is 9. The quantitative estimate of drug-likeness (QED) is 0.410. The largest absolute Gasteiger partial charge is 0.480 e. The van der Waals surface area contributed by atoms with Crippen LogP contribution in [0.2, 0.25) is 5.02 Å². The van der Waals surface area contributed by atoms with E-state index in [0.29, 0.717) is 59.8 Å². The zero-order valence-electron chi connectivity index (χ0n) is 20.1. The van der Waals surface area contributed by atoms with Crippen molar-refractivity contribution in [3.63, 3.8) is 0 Å². The normalized spacial score (nSPS) is 17.7. The molecule has 0 fully saturated rings. The number of benzene rings is 1. The molecule has 2 atom stereocenters. The van der Waals surface area contributed by atoms with E-state index in [0.717, 1.165) is 5.56 Å². The van der Waals surface area contributed by atoms with E-state index in [1.54, 1.807) is 24.3 Å². The maximum atomic E-state index is 5.86. The molecule has 0 saturated heterocycles. The van der Waals surface area contributed by atoms with Gasteiger partial charge in [-0.3, -0.25) is 0 Å². The third-order valence-corrected chi connectivity index (χ3v) is 5.39. The molecule has 9 nitrogen and oxygen atoms in total. The molecular weight excluding hydrogens is 470 g/mol. The molecule has 2 aromatic heterocycles. The van der Waals surface area contributed by atoms with Crippen LogP contribution in [0.15, 0.2) is 57.1 Å². The Bertz CT molecular complexity index is 1180. The number of aliphatic imine (C=N–C) groups is 2. The Morgan fingerprint density at radius 2 is 1.71 bits per heavy atom. The Labute approximate surface area is 209 Å². The van der Waals surface area contributed by atoms with Gasteiger partial charge in [0.25, 0.3) is 5.89 Å². The van der Waals surface area contributed by atoms with Crippen molar-refractivity contribution in [2.75, 3.05) is 13.2 Å². The Kier molecular flexibility index (Phi) is 7.97. The molecule has 0 unspecified atom stereocenters. The minimum Gasteiger partial charge on any atom is -0.480 e. The Morgan fingerprint density at radius 1 is 0.971 bits per heavy atom. The second-order valence-corrected chi connectivity index (χ2v) is 8.60. The number of hydrogen-bond donors (Lipinski definition) is 0. The van der Waals surface area contributed by atoms with E-state index in [1.807, 2.05) is 26.0 Å². The first-order chi connectivity index (χ1) is 17.0. The summed E-state index contributed by atoms with van der Waals surface area (Å²) in [6.07, 6.45) is 1.91. The van der Waals surface area contributed by atoms with Crippen molar-refractivity contribution in [1.82, 2.24) is 15.1 Å². The summed E-state index contributed by atoms with van der Waals surface area (Å²) in [6, 6.07) is 10.2. The van der Waals surface area contributed by atoms with Gasteiger partial charge in [0.2, 0.25) is 17.7 Å². The smallest absolute Gasteiger partial charge is 0.257 e. The molecule has 0 aliphatic carbocycles. The van der Waals surface area contributed by atoms with Gasteiger partial charge in [0.05, 0.1) is 18.2 Å². The minimum absolute atomic E-state index is 0.169. The molecule has 0 radical (unpaired) electrons. The summed E-state index contributed by atoms with van der Waals surface area (Å²) in [5.41, 5.74) is 0.765. The molecule has 0 spiro atoms. The zero-order chi connectivity index (χ0) is 24.8. The van der Waals surface area contributed by atoms with Crippen LogP contribution in [-0.2, 0) is 15.9 Å². The summed E-state index contributed by atoms with van der Waals surface area (Å²) >= 11 is 5.86. The number of rotatable bonds is 8. The highest BCUT2D eigenvalue weighted by atomic mass is 35.5.